The van der Waals surface area contributed by atoms with Gasteiger partial charge in [-0.3, -0.25) is 4.79 Å². The number of hydrogen-bond donors (Lipinski definition) is 2. The van der Waals surface area contributed by atoms with E-state index in [0.717, 1.165) is 48.5 Å². The first-order valence-corrected chi connectivity index (χ1v) is 14.3. The van der Waals surface area contributed by atoms with Crippen LogP contribution in [0.15, 0.2) is 18.2 Å². The Balaban J connectivity index is 1.30. The fraction of sp³-hybridized carbons (Fsp3) is 0.640. The van der Waals surface area contributed by atoms with E-state index in [0.29, 0.717) is 32.4 Å². The van der Waals surface area contributed by atoms with Gasteiger partial charge in [-0.2, -0.15) is 0 Å². The van der Waals surface area contributed by atoms with Crippen LogP contribution in [0.3, 0.4) is 0 Å². The number of aromatic nitrogens is 1. The summed E-state index contributed by atoms with van der Waals surface area (Å²) in [6.45, 7) is 2.84. The number of aliphatic hydroxyl groups is 1. The number of nitrogens with zero attached hydrogens (tertiary/aromatic N) is 2. The predicted octanol–water partition coefficient (Wildman–Crippen LogP) is 2.11. The lowest BCUT2D eigenvalue weighted by molar-refractivity contribution is -0.190. The highest BCUT2D eigenvalue weighted by Crippen LogP contribution is 2.39. The molecule has 3 heterocycles. The molecule has 2 N–H and O–H groups in total. The molecule has 0 radical (unpaired) electrons. The summed E-state index contributed by atoms with van der Waals surface area (Å²) >= 11 is 0. The third kappa shape index (κ3) is 4.85. The molecule has 2 saturated heterocycles. The highest BCUT2D eigenvalue weighted by atomic mass is 32.2. The summed E-state index contributed by atoms with van der Waals surface area (Å²) < 4.78 is 48.3. The van der Waals surface area contributed by atoms with E-state index in [1.54, 1.807) is 19.1 Å². The summed E-state index contributed by atoms with van der Waals surface area (Å²) in [5.74, 6) is -0.242. The zero-order valence-electron chi connectivity index (χ0n) is 20.3. The van der Waals surface area contributed by atoms with Crippen LogP contribution in [-0.2, 0) is 38.9 Å². The molecule has 35 heavy (non-hydrogen) atoms. The summed E-state index contributed by atoms with van der Waals surface area (Å²) in [5.41, 5.74) is 1.36. The van der Waals surface area contributed by atoms with Crippen LogP contribution in [0, 0.1) is 5.82 Å². The Morgan fingerprint density at radius 3 is 2.69 bits per heavy atom. The minimum absolute atomic E-state index is 0.0167. The molecule has 1 spiro atoms. The molecular formula is C25H34FN3O5S. The van der Waals surface area contributed by atoms with Crippen molar-refractivity contribution in [2.75, 3.05) is 26.0 Å². The van der Waals surface area contributed by atoms with Crippen LogP contribution in [0.25, 0.3) is 10.9 Å². The second-order valence-corrected chi connectivity index (χ2v) is 12.5. The van der Waals surface area contributed by atoms with Crippen molar-refractivity contribution in [1.82, 2.24) is 14.2 Å². The molecule has 3 aliphatic rings. The molecular weight excluding hydrogens is 473 g/mol. The average molecular weight is 508 g/mol. The second-order valence-electron chi connectivity index (χ2n) is 10.7. The van der Waals surface area contributed by atoms with Gasteiger partial charge in [0.15, 0.2) is 0 Å². The van der Waals surface area contributed by atoms with E-state index in [1.165, 1.54) is 11.6 Å². The van der Waals surface area contributed by atoms with Crippen molar-refractivity contribution in [2.24, 2.45) is 0 Å². The normalized spacial score (nSPS) is 26.7. The van der Waals surface area contributed by atoms with E-state index in [2.05, 4.69) is 9.29 Å². The summed E-state index contributed by atoms with van der Waals surface area (Å²) in [4.78, 5) is 15.2. The van der Waals surface area contributed by atoms with Gasteiger partial charge < -0.3 is 19.3 Å². The molecule has 5 rings (SSSR count). The number of rotatable bonds is 4. The van der Waals surface area contributed by atoms with E-state index in [1.807, 2.05) is 4.90 Å². The summed E-state index contributed by atoms with van der Waals surface area (Å²) in [6, 6.07) is 4.17. The van der Waals surface area contributed by atoms with E-state index < -0.39 is 27.3 Å². The van der Waals surface area contributed by atoms with E-state index >= 15 is 0 Å². The molecule has 1 aliphatic carbocycles. The molecule has 1 aromatic carbocycles. The first-order valence-electron chi connectivity index (χ1n) is 12.4. The Labute approximate surface area is 205 Å². The SMILES string of the molecule is C[C@]1(O)COC2(CCN(C(=O)Cn3c4c(c5cc(F)ccc53)CCCC4)CC2)C[C@@H]1NS(C)(=O)=O. The van der Waals surface area contributed by atoms with Crippen molar-refractivity contribution in [1.29, 1.82) is 0 Å². The van der Waals surface area contributed by atoms with Gasteiger partial charge in [0.2, 0.25) is 15.9 Å². The number of likely N-dealkylation sites (tertiary alicyclic amines) is 1. The Bertz CT molecular complexity index is 1250. The van der Waals surface area contributed by atoms with Gasteiger partial charge in [-0.25, -0.2) is 17.5 Å². The molecule has 2 aliphatic heterocycles. The maximum Gasteiger partial charge on any atom is 0.242 e. The molecule has 0 saturated carbocycles. The number of piperidine rings is 1. The van der Waals surface area contributed by atoms with Gasteiger partial charge in [0.25, 0.3) is 0 Å². The Kier molecular flexibility index (Phi) is 6.22. The summed E-state index contributed by atoms with van der Waals surface area (Å²) in [7, 11) is -3.49. The summed E-state index contributed by atoms with van der Waals surface area (Å²) in [6.07, 6.45) is 6.54. The minimum Gasteiger partial charge on any atom is -0.386 e. The Morgan fingerprint density at radius 2 is 1.97 bits per heavy atom. The predicted molar refractivity (Wildman–Crippen MR) is 130 cm³/mol. The lowest BCUT2D eigenvalue weighted by Crippen LogP contribution is -2.64. The van der Waals surface area contributed by atoms with Gasteiger partial charge in [0, 0.05) is 29.7 Å². The van der Waals surface area contributed by atoms with Gasteiger partial charge in [-0.1, -0.05) is 0 Å². The fourth-order valence-electron chi connectivity index (χ4n) is 6.01. The van der Waals surface area contributed by atoms with Gasteiger partial charge in [0.1, 0.15) is 18.0 Å². The quantitative estimate of drug-likeness (QED) is 0.660. The molecule has 1 amide bonds. The minimum atomic E-state index is -3.49. The van der Waals surface area contributed by atoms with Gasteiger partial charge in [-0.05, 0) is 75.6 Å². The zero-order valence-corrected chi connectivity index (χ0v) is 21.2. The van der Waals surface area contributed by atoms with Crippen molar-refractivity contribution < 1.29 is 27.4 Å². The summed E-state index contributed by atoms with van der Waals surface area (Å²) in [5, 5.41) is 11.6. The molecule has 1 aromatic heterocycles. The zero-order chi connectivity index (χ0) is 25.0. The third-order valence-corrected chi connectivity index (χ3v) is 8.73. The van der Waals surface area contributed by atoms with Gasteiger partial charge >= 0.3 is 0 Å². The van der Waals surface area contributed by atoms with Crippen LogP contribution < -0.4 is 4.72 Å². The lowest BCUT2D eigenvalue weighted by atomic mass is 9.78. The number of sulfonamides is 1. The number of carbonyl (C=O) groups excluding carboxylic acids is 1. The highest BCUT2D eigenvalue weighted by Gasteiger charge is 2.49. The second kappa shape index (κ2) is 8.83. The van der Waals surface area contributed by atoms with Crippen LogP contribution in [0.5, 0.6) is 0 Å². The number of hydrogen-bond acceptors (Lipinski definition) is 5. The largest absolute Gasteiger partial charge is 0.386 e. The number of aryl methyl sites for hydroxylation is 1. The van der Waals surface area contributed by atoms with Crippen LogP contribution >= 0.6 is 0 Å². The number of halogens is 1. The van der Waals surface area contributed by atoms with Crippen molar-refractivity contribution in [2.45, 2.75) is 75.7 Å². The van der Waals surface area contributed by atoms with E-state index in [-0.39, 0.29) is 24.9 Å². The topological polar surface area (TPSA) is 101 Å². The standard InChI is InChI=1S/C25H34FN3O5S/c1-24(31)16-34-25(14-22(24)27-35(2,32)33)9-11-28(12-10-25)23(30)15-29-20-6-4-3-5-18(20)19-13-17(26)7-8-21(19)29/h7-8,13,22,27,31H,3-6,9-12,14-16H2,1-2H3/t22-,24-/m0/s1. The Morgan fingerprint density at radius 1 is 1.26 bits per heavy atom. The number of benzene rings is 1. The van der Waals surface area contributed by atoms with Crippen LogP contribution in [0.4, 0.5) is 4.39 Å². The van der Waals surface area contributed by atoms with Gasteiger partial charge in [-0.15, -0.1) is 0 Å². The van der Waals surface area contributed by atoms with Crippen molar-refractivity contribution in [3.05, 3.63) is 35.3 Å². The molecule has 2 atom stereocenters. The number of amides is 1. The van der Waals surface area contributed by atoms with Crippen LogP contribution in [-0.4, -0.2) is 72.1 Å². The number of carbonyl (C=O) groups is 1. The van der Waals surface area contributed by atoms with E-state index in [4.69, 9.17) is 4.74 Å². The van der Waals surface area contributed by atoms with Crippen molar-refractivity contribution in [3.8, 4) is 0 Å². The first kappa shape index (κ1) is 24.7. The Hall–Kier alpha value is -2.01. The average Bonchev–Trinajstić information content (AvgIpc) is 3.09. The molecule has 2 aromatic rings. The molecule has 2 fully saturated rings. The monoisotopic (exact) mass is 507 g/mol. The lowest BCUT2D eigenvalue weighted by Gasteiger charge is -2.50. The van der Waals surface area contributed by atoms with Crippen molar-refractivity contribution in [3.63, 3.8) is 0 Å². The number of fused-ring (bicyclic) bond motifs is 3. The smallest absolute Gasteiger partial charge is 0.242 e. The molecule has 192 valence electrons. The molecule has 0 bridgehead atoms. The maximum atomic E-state index is 14.0. The van der Waals surface area contributed by atoms with E-state index in [9.17, 15) is 22.7 Å². The highest BCUT2D eigenvalue weighted by molar-refractivity contribution is 7.88. The first-order chi connectivity index (χ1) is 16.5. The molecule has 10 heteroatoms. The van der Waals surface area contributed by atoms with Crippen LogP contribution in [0.2, 0.25) is 0 Å². The number of ether oxygens (including phenoxy) is 1. The molecule has 0 unspecified atom stereocenters. The maximum absolute atomic E-state index is 14.0. The molecule has 8 nitrogen and oxygen atoms in total. The van der Waals surface area contributed by atoms with Crippen LogP contribution in [0.1, 0.15) is 50.3 Å². The third-order valence-electron chi connectivity index (χ3n) is 8.01. The number of nitrogens with one attached hydrogen (secondary N) is 1. The van der Waals surface area contributed by atoms with Crippen molar-refractivity contribution >= 4 is 26.8 Å². The fourth-order valence-corrected chi connectivity index (χ4v) is 6.87. The van der Waals surface area contributed by atoms with Gasteiger partial charge in [0.05, 0.1) is 24.5 Å².